The predicted octanol–water partition coefficient (Wildman–Crippen LogP) is 2.52. The highest BCUT2D eigenvalue weighted by Gasteiger charge is 2.22. The molecule has 1 heterocycles. The normalized spacial score (nSPS) is 18.0. The zero-order valence-corrected chi connectivity index (χ0v) is 12.3. The van der Waals surface area contributed by atoms with Crippen LogP contribution < -0.4 is 0 Å². The van der Waals surface area contributed by atoms with Gasteiger partial charge in [0.05, 0.1) is 12.3 Å². The molecule has 0 spiro atoms. The zero-order chi connectivity index (χ0) is 14.7. The molecule has 0 saturated heterocycles. The SMILES string of the molecule is Cc1nn(COCC2C=CC=CC=C2)c2c1CC(=O)CC2. The number of Topliss-reactive ketones (excluding diaryl/α,β-unsaturated/α-hetero) is 1. The number of allylic oxidation sites excluding steroid dienone is 4. The number of aromatic nitrogens is 2. The maximum absolute atomic E-state index is 11.6. The number of hydrogen-bond acceptors (Lipinski definition) is 3. The maximum atomic E-state index is 11.6. The van der Waals surface area contributed by atoms with Crippen molar-refractivity contribution >= 4 is 5.78 Å². The molecule has 0 amide bonds. The molecule has 21 heavy (non-hydrogen) atoms. The highest BCUT2D eigenvalue weighted by molar-refractivity contribution is 5.83. The molecule has 4 heteroatoms. The first kappa shape index (κ1) is 14.0. The summed E-state index contributed by atoms with van der Waals surface area (Å²) < 4.78 is 7.72. The lowest BCUT2D eigenvalue weighted by atomic mass is 9.95. The molecular weight excluding hydrogens is 264 g/mol. The summed E-state index contributed by atoms with van der Waals surface area (Å²) in [6.07, 6.45) is 14.3. The van der Waals surface area contributed by atoms with Gasteiger partial charge in [-0.15, -0.1) is 0 Å². The molecule has 0 radical (unpaired) electrons. The molecule has 0 fully saturated rings. The maximum Gasteiger partial charge on any atom is 0.139 e. The molecule has 3 rings (SSSR count). The number of ketones is 1. The molecule has 1 aromatic heterocycles. The minimum atomic E-state index is 0.300. The van der Waals surface area contributed by atoms with Gasteiger partial charge in [-0.3, -0.25) is 4.79 Å². The van der Waals surface area contributed by atoms with E-state index in [9.17, 15) is 4.79 Å². The van der Waals surface area contributed by atoms with Crippen molar-refractivity contribution < 1.29 is 9.53 Å². The van der Waals surface area contributed by atoms with Gasteiger partial charge in [-0.2, -0.15) is 5.10 Å². The van der Waals surface area contributed by atoms with Crippen molar-refractivity contribution in [3.8, 4) is 0 Å². The quantitative estimate of drug-likeness (QED) is 0.853. The molecule has 1 aromatic rings. The third-order valence-corrected chi connectivity index (χ3v) is 3.96. The van der Waals surface area contributed by atoms with Crippen LogP contribution in [0.25, 0.3) is 0 Å². The van der Waals surface area contributed by atoms with E-state index >= 15 is 0 Å². The van der Waals surface area contributed by atoms with Gasteiger partial charge in [0, 0.05) is 30.0 Å². The van der Waals surface area contributed by atoms with Gasteiger partial charge >= 0.3 is 0 Å². The lowest BCUT2D eigenvalue weighted by Crippen LogP contribution is -2.17. The zero-order valence-electron chi connectivity index (χ0n) is 12.3. The van der Waals surface area contributed by atoms with E-state index in [4.69, 9.17) is 4.74 Å². The largest absolute Gasteiger partial charge is 0.358 e. The second kappa shape index (κ2) is 6.22. The molecule has 0 bridgehead atoms. The van der Waals surface area contributed by atoms with Gasteiger partial charge < -0.3 is 4.74 Å². The van der Waals surface area contributed by atoms with Gasteiger partial charge in [0.1, 0.15) is 12.5 Å². The molecule has 0 N–H and O–H groups in total. The van der Waals surface area contributed by atoms with Crippen LogP contribution in [-0.2, 0) is 29.1 Å². The molecule has 0 atom stereocenters. The van der Waals surface area contributed by atoms with Crippen LogP contribution in [0.4, 0.5) is 0 Å². The number of carbonyl (C=O) groups excluding carboxylic acids is 1. The molecular formula is C17H20N2O2. The van der Waals surface area contributed by atoms with Gasteiger partial charge in [-0.05, 0) is 13.3 Å². The Kier molecular flexibility index (Phi) is 4.15. The van der Waals surface area contributed by atoms with Crippen LogP contribution in [0.5, 0.6) is 0 Å². The number of nitrogens with zero attached hydrogens (tertiary/aromatic N) is 2. The average molecular weight is 284 g/mol. The van der Waals surface area contributed by atoms with E-state index in [1.807, 2.05) is 35.9 Å². The van der Waals surface area contributed by atoms with Crippen LogP contribution >= 0.6 is 0 Å². The molecule has 0 unspecified atom stereocenters. The van der Waals surface area contributed by atoms with Gasteiger partial charge in [-0.25, -0.2) is 4.68 Å². The fourth-order valence-electron chi connectivity index (χ4n) is 2.82. The van der Waals surface area contributed by atoms with E-state index in [1.54, 1.807) is 0 Å². The highest BCUT2D eigenvalue weighted by Crippen LogP contribution is 2.22. The standard InChI is InChI=1S/C17H20N2O2/c1-13-16-10-15(20)8-9-17(16)19(18-13)12-21-11-14-6-4-2-3-5-7-14/h2-7,14H,8-12H2,1H3. The summed E-state index contributed by atoms with van der Waals surface area (Å²) in [5, 5.41) is 4.52. The van der Waals surface area contributed by atoms with Crippen LogP contribution in [0.1, 0.15) is 23.4 Å². The topological polar surface area (TPSA) is 44.1 Å². The third-order valence-electron chi connectivity index (χ3n) is 3.96. The summed E-state index contributed by atoms with van der Waals surface area (Å²) in [5.41, 5.74) is 3.23. The number of ether oxygens (including phenoxy) is 1. The van der Waals surface area contributed by atoms with Crippen LogP contribution in [0.3, 0.4) is 0 Å². The number of rotatable bonds is 4. The summed E-state index contributed by atoms with van der Waals surface area (Å²) in [7, 11) is 0. The van der Waals surface area contributed by atoms with Gasteiger partial charge in [0.2, 0.25) is 0 Å². The van der Waals surface area contributed by atoms with Crippen molar-refractivity contribution in [1.82, 2.24) is 9.78 Å². The fraction of sp³-hybridized carbons (Fsp3) is 0.412. The first-order valence-electron chi connectivity index (χ1n) is 7.40. The summed E-state index contributed by atoms with van der Waals surface area (Å²) in [6, 6.07) is 0. The summed E-state index contributed by atoms with van der Waals surface area (Å²) in [4.78, 5) is 11.6. The first-order valence-corrected chi connectivity index (χ1v) is 7.40. The van der Waals surface area contributed by atoms with E-state index in [-0.39, 0.29) is 0 Å². The Morgan fingerprint density at radius 1 is 1.24 bits per heavy atom. The molecule has 2 aliphatic carbocycles. The number of fused-ring (bicyclic) bond motifs is 1. The van der Waals surface area contributed by atoms with E-state index < -0.39 is 0 Å². The Hall–Kier alpha value is -1.94. The van der Waals surface area contributed by atoms with Crippen molar-refractivity contribution in [2.24, 2.45) is 5.92 Å². The Balaban J connectivity index is 1.61. The number of aryl methyl sites for hydroxylation is 1. The summed E-state index contributed by atoms with van der Waals surface area (Å²) in [5.74, 6) is 0.612. The summed E-state index contributed by atoms with van der Waals surface area (Å²) in [6.45, 7) is 3.06. The van der Waals surface area contributed by atoms with Crippen molar-refractivity contribution in [1.29, 1.82) is 0 Å². The van der Waals surface area contributed by atoms with Crippen LogP contribution in [0, 0.1) is 12.8 Å². The van der Waals surface area contributed by atoms with Crippen LogP contribution in [0.2, 0.25) is 0 Å². The second-order valence-corrected chi connectivity index (χ2v) is 5.54. The smallest absolute Gasteiger partial charge is 0.139 e. The van der Waals surface area contributed by atoms with Gasteiger partial charge in [-0.1, -0.05) is 36.5 Å². The van der Waals surface area contributed by atoms with Gasteiger partial charge in [0.15, 0.2) is 0 Å². The van der Waals surface area contributed by atoms with Crippen LogP contribution in [0.15, 0.2) is 36.5 Å². The van der Waals surface area contributed by atoms with E-state index in [2.05, 4.69) is 17.3 Å². The molecule has 4 nitrogen and oxygen atoms in total. The lowest BCUT2D eigenvalue weighted by Gasteiger charge is -2.14. The van der Waals surface area contributed by atoms with Crippen LogP contribution in [-0.4, -0.2) is 22.2 Å². The van der Waals surface area contributed by atoms with E-state index in [0.717, 1.165) is 17.7 Å². The van der Waals surface area contributed by atoms with Crippen molar-refractivity contribution in [2.75, 3.05) is 6.61 Å². The first-order chi connectivity index (χ1) is 10.2. The van der Waals surface area contributed by atoms with E-state index in [1.165, 1.54) is 5.69 Å². The van der Waals surface area contributed by atoms with Crippen molar-refractivity contribution in [2.45, 2.75) is 32.9 Å². The molecule has 2 aliphatic rings. The Morgan fingerprint density at radius 2 is 2.00 bits per heavy atom. The number of hydrogen-bond donors (Lipinski definition) is 0. The summed E-state index contributed by atoms with van der Waals surface area (Å²) >= 11 is 0. The minimum Gasteiger partial charge on any atom is -0.358 e. The molecule has 0 aliphatic heterocycles. The molecule has 110 valence electrons. The minimum absolute atomic E-state index is 0.300. The lowest BCUT2D eigenvalue weighted by molar-refractivity contribution is -0.118. The molecule has 0 aromatic carbocycles. The monoisotopic (exact) mass is 284 g/mol. The fourth-order valence-corrected chi connectivity index (χ4v) is 2.82. The Bertz CT molecular complexity index is 607. The number of carbonyl (C=O) groups is 1. The molecule has 0 saturated carbocycles. The van der Waals surface area contributed by atoms with Gasteiger partial charge in [0.25, 0.3) is 0 Å². The Morgan fingerprint density at radius 3 is 2.76 bits per heavy atom. The Labute approximate surface area is 124 Å². The third kappa shape index (κ3) is 3.22. The van der Waals surface area contributed by atoms with E-state index in [0.29, 0.717) is 37.9 Å². The predicted molar refractivity (Wildman–Crippen MR) is 80.9 cm³/mol. The van der Waals surface area contributed by atoms with Crippen molar-refractivity contribution in [3.63, 3.8) is 0 Å². The van der Waals surface area contributed by atoms with Crippen molar-refractivity contribution in [3.05, 3.63) is 53.4 Å². The highest BCUT2D eigenvalue weighted by atomic mass is 16.5. The average Bonchev–Trinajstić information content (AvgIpc) is 2.67. The second-order valence-electron chi connectivity index (χ2n) is 5.54.